The van der Waals surface area contributed by atoms with Crippen molar-refractivity contribution in [1.29, 1.82) is 0 Å². The molecule has 0 bridgehead atoms. The van der Waals surface area contributed by atoms with Gasteiger partial charge in [-0.05, 0) is 37.1 Å². The summed E-state index contributed by atoms with van der Waals surface area (Å²) >= 11 is 0. The molecular weight excluding hydrogens is 323 g/mol. The van der Waals surface area contributed by atoms with E-state index in [4.69, 9.17) is 5.73 Å². The third kappa shape index (κ3) is 2.90. The first kappa shape index (κ1) is 15.5. The number of nitrogen functional groups attached to an aromatic ring is 1. The second-order valence-electron chi connectivity index (χ2n) is 6.17. The predicted molar refractivity (Wildman–Crippen MR) is 92.5 cm³/mol. The van der Waals surface area contributed by atoms with Crippen molar-refractivity contribution in [2.75, 3.05) is 11.1 Å². The van der Waals surface area contributed by atoms with Gasteiger partial charge >= 0.3 is 0 Å². The van der Waals surface area contributed by atoms with E-state index in [0.717, 1.165) is 23.1 Å². The second-order valence-corrected chi connectivity index (χ2v) is 6.17. The molecular formula is C17H17FN6O. The van der Waals surface area contributed by atoms with Crippen molar-refractivity contribution in [2.24, 2.45) is 5.92 Å². The molecule has 4 rings (SSSR count). The Morgan fingerprint density at radius 1 is 1.36 bits per heavy atom. The molecule has 3 N–H and O–H groups in total. The summed E-state index contributed by atoms with van der Waals surface area (Å²) in [6.45, 7) is 2.79. The van der Waals surface area contributed by atoms with Crippen molar-refractivity contribution in [2.45, 2.75) is 26.1 Å². The van der Waals surface area contributed by atoms with Gasteiger partial charge in [-0.2, -0.15) is 5.10 Å². The van der Waals surface area contributed by atoms with Gasteiger partial charge in [-0.3, -0.25) is 9.48 Å². The lowest BCUT2D eigenvalue weighted by Crippen LogP contribution is -2.16. The van der Waals surface area contributed by atoms with E-state index in [9.17, 15) is 9.18 Å². The van der Waals surface area contributed by atoms with Crippen LogP contribution >= 0.6 is 0 Å². The number of rotatable bonds is 4. The smallest absolute Gasteiger partial charge is 0.231 e. The molecule has 1 aliphatic carbocycles. The van der Waals surface area contributed by atoms with Crippen LogP contribution in [0.1, 0.15) is 13.3 Å². The number of halogens is 1. The van der Waals surface area contributed by atoms with Crippen molar-refractivity contribution in [1.82, 2.24) is 20.0 Å². The van der Waals surface area contributed by atoms with Crippen molar-refractivity contribution in [3.63, 3.8) is 0 Å². The minimum Gasteiger partial charge on any atom is -0.397 e. The first-order chi connectivity index (χ1) is 12.0. The first-order valence-electron chi connectivity index (χ1n) is 8.10. The van der Waals surface area contributed by atoms with E-state index in [-0.39, 0.29) is 18.1 Å². The number of benzene rings is 1. The van der Waals surface area contributed by atoms with Crippen molar-refractivity contribution < 1.29 is 9.18 Å². The van der Waals surface area contributed by atoms with Gasteiger partial charge in [-0.1, -0.05) is 0 Å². The minimum absolute atomic E-state index is 0.269. The van der Waals surface area contributed by atoms with Gasteiger partial charge < -0.3 is 11.1 Å². The van der Waals surface area contributed by atoms with Gasteiger partial charge in [0, 0.05) is 23.7 Å². The second kappa shape index (κ2) is 5.80. The van der Waals surface area contributed by atoms with Gasteiger partial charge in [-0.25, -0.2) is 4.39 Å². The Morgan fingerprint density at radius 3 is 2.84 bits per heavy atom. The summed E-state index contributed by atoms with van der Waals surface area (Å²) < 4.78 is 14.8. The highest BCUT2D eigenvalue weighted by atomic mass is 19.1. The number of aryl methyl sites for hydroxylation is 1. The number of amides is 1. The fourth-order valence-electron chi connectivity index (χ4n) is 2.75. The lowest BCUT2D eigenvalue weighted by molar-refractivity contribution is -0.117. The fraction of sp³-hybridized carbons (Fsp3) is 0.294. The zero-order chi connectivity index (χ0) is 17.6. The van der Waals surface area contributed by atoms with Crippen molar-refractivity contribution >= 4 is 28.3 Å². The number of alkyl halides is 1. The molecule has 128 valence electrons. The molecule has 1 amide bonds. The number of hydrogen-bond acceptors (Lipinski definition) is 5. The van der Waals surface area contributed by atoms with Crippen LogP contribution in [-0.4, -0.2) is 32.1 Å². The third-order valence-corrected chi connectivity index (χ3v) is 4.31. The topological polar surface area (TPSA) is 98.7 Å². The Balaban J connectivity index is 1.69. The molecule has 0 aliphatic heterocycles. The largest absolute Gasteiger partial charge is 0.397 e. The number of nitrogens with two attached hydrogens (primary N) is 1. The molecule has 8 heteroatoms. The normalized spacial score (nSPS) is 19.1. The zero-order valence-electron chi connectivity index (χ0n) is 13.6. The van der Waals surface area contributed by atoms with Gasteiger partial charge in [0.25, 0.3) is 0 Å². The summed E-state index contributed by atoms with van der Waals surface area (Å²) in [5, 5.41) is 15.7. The maximum absolute atomic E-state index is 13.0. The van der Waals surface area contributed by atoms with E-state index >= 15 is 0 Å². The predicted octanol–water partition coefficient (Wildman–Crippen LogP) is 2.39. The number of carbonyl (C=O) groups is 1. The van der Waals surface area contributed by atoms with Gasteiger partial charge in [0.2, 0.25) is 5.91 Å². The van der Waals surface area contributed by atoms with Crippen LogP contribution in [0.4, 0.5) is 15.9 Å². The molecule has 0 spiro atoms. The Morgan fingerprint density at radius 2 is 2.16 bits per heavy atom. The molecule has 25 heavy (non-hydrogen) atoms. The number of carbonyl (C=O) groups excluding carboxylic acids is 1. The lowest BCUT2D eigenvalue weighted by atomic mass is 10.1. The van der Waals surface area contributed by atoms with Crippen molar-refractivity contribution in [3.05, 3.63) is 30.6 Å². The number of nitrogens with one attached hydrogen (secondary N) is 1. The molecule has 2 heterocycles. The molecule has 2 unspecified atom stereocenters. The van der Waals surface area contributed by atoms with Crippen LogP contribution in [0.2, 0.25) is 0 Å². The van der Waals surface area contributed by atoms with E-state index in [1.54, 1.807) is 12.3 Å². The highest BCUT2D eigenvalue weighted by Gasteiger charge is 2.43. The average Bonchev–Trinajstić information content (AvgIpc) is 3.14. The summed E-state index contributed by atoms with van der Waals surface area (Å²) in [6, 6.07) is 5.44. The number of nitrogens with zero attached hydrogens (tertiary/aromatic N) is 4. The zero-order valence-corrected chi connectivity index (χ0v) is 13.6. The Bertz CT molecular complexity index is 969. The minimum atomic E-state index is -1.05. The summed E-state index contributed by atoms with van der Waals surface area (Å²) in [5.74, 6) is -0.652. The van der Waals surface area contributed by atoms with Gasteiger partial charge in [0.15, 0.2) is 5.82 Å². The third-order valence-electron chi connectivity index (χ3n) is 4.31. The first-order valence-corrected chi connectivity index (χ1v) is 8.10. The van der Waals surface area contributed by atoms with Gasteiger partial charge in [0.05, 0.1) is 17.8 Å². The maximum Gasteiger partial charge on any atom is 0.231 e. The van der Waals surface area contributed by atoms with Crippen molar-refractivity contribution in [3.8, 4) is 11.1 Å². The number of hydrogen-bond donors (Lipinski definition) is 2. The highest BCUT2D eigenvalue weighted by Crippen LogP contribution is 2.35. The summed E-state index contributed by atoms with van der Waals surface area (Å²) in [6.07, 6.45) is 2.93. The number of fused-ring (bicyclic) bond motifs is 1. The molecule has 1 fully saturated rings. The van der Waals surface area contributed by atoms with E-state index in [1.807, 2.05) is 29.9 Å². The Kier molecular flexibility index (Phi) is 3.60. The quantitative estimate of drug-likeness (QED) is 0.711. The molecule has 2 atom stereocenters. The molecule has 7 nitrogen and oxygen atoms in total. The monoisotopic (exact) mass is 340 g/mol. The maximum atomic E-state index is 13.0. The molecule has 1 aliphatic rings. The summed E-state index contributed by atoms with van der Waals surface area (Å²) in [5.41, 5.74) is 8.99. The molecule has 1 saturated carbocycles. The number of aromatic nitrogens is 4. The van der Waals surface area contributed by atoms with Gasteiger partial charge in [-0.15, -0.1) is 10.2 Å². The van der Waals surface area contributed by atoms with E-state index < -0.39 is 12.1 Å². The SMILES string of the molecule is CCn1cc(-c2cc(N)c3nnc(NC(=O)C4CC4F)cc3c2)cn1. The molecule has 2 aromatic heterocycles. The average molecular weight is 340 g/mol. The summed E-state index contributed by atoms with van der Waals surface area (Å²) in [4.78, 5) is 11.9. The Hall–Kier alpha value is -3.03. The highest BCUT2D eigenvalue weighted by molar-refractivity contribution is 5.98. The van der Waals surface area contributed by atoms with Crippen LogP contribution in [0.3, 0.4) is 0 Å². The lowest BCUT2D eigenvalue weighted by Gasteiger charge is -2.07. The van der Waals surface area contributed by atoms with Gasteiger partial charge in [0.1, 0.15) is 11.7 Å². The standard InChI is InChI=1S/C17H17FN6O/c1-2-24-8-11(7-20-24)9-3-10-5-15(21-17(25)12-6-13(12)18)22-23-16(10)14(19)4-9/h3-5,7-8,12-13H,2,6,19H2,1H3,(H,21,22,25). The molecule has 1 aromatic carbocycles. The van der Waals surface area contributed by atoms with Crippen LogP contribution in [-0.2, 0) is 11.3 Å². The van der Waals surface area contributed by atoms with Crippen LogP contribution in [0.15, 0.2) is 30.6 Å². The van der Waals surface area contributed by atoms with E-state index in [2.05, 4.69) is 20.6 Å². The fourth-order valence-corrected chi connectivity index (χ4v) is 2.75. The molecule has 0 radical (unpaired) electrons. The summed E-state index contributed by atoms with van der Waals surface area (Å²) in [7, 11) is 0. The van der Waals surface area contributed by atoms with E-state index in [1.165, 1.54) is 0 Å². The Labute approximate surface area is 143 Å². The van der Waals surface area contributed by atoms with Crippen LogP contribution in [0.25, 0.3) is 22.0 Å². The number of anilines is 2. The molecule has 0 saturated heterocycles. The van der Waals surface area contributed by atoms with Crippen LogP contribution < -0.4 is 11.1 Å². The van der Waals surface area contributed by atoms with Crippen LogP contribution in [0.5, 0.6) is 0 Å². The van der Waals surface area contributed by atoms with E-state index in [0.29, 0.717) is 11.2 Å². The molecule has 3 aromatic rings. The van der Waals surface area contributed by atoms with Crippen LogP contribution in [0, 0.1) is 5.92 Å².